The van der Waals surface area contributed by atoms with E-state index in [0.29, 0.717) is 23.1 Å². The molecule has 0 aliphatic rings. The van der Waals surface area contributed by atoms with Crippen LogP contribution in [0.25, 0.3) is 56.0 Å². The Hall–Kier alpha value is -4.33. The van der Waals surface area contributed by atoms with Crippen LogP contribution in [0.3, 0.4) is 0 Å². The first-order valence-electron chi connectivity index (χ1n) is 17.4. The first-order chi connectivity index (χ1) is 23.3. The minimum Gasteiger partial charge on any atom is -0.507 e. The number of para-hydroxylation sites is 1. The summed E-state index contributed by atoms with van der Waals surface area (Å²) in [5.41, 5.74) is 16.1. The third kappa shape index (κ3) is 7.84. The van der Waals surface area contributed by atoms with Crippen molar-refractivity contribution in [2.75, 3.05) is 0 Å². The van der Waals surface area contributed by atoms with E-state index in [-0.39, 0.29) is 32.2 Å². The van der Waals surface area contributed by atoms with Crippen molar-refractivity contribution in [2.24, 2.45) is 0 Å². The van der Waals surface area contributed by atoms with Crippen LogP contribution >= 0.6 is 0 Å². The van der Waals surface area contributed by atoms with Gasteiger partial charge in [0.05, 0.1) is 5.69 Å². The largest absolute Gasteiger partial charge is 0.507 e. The summed E-state index contributed by atoms with van der Waals surface area (Å²) >= 11 is 0. The average Bonchev–Trinajstić information content (AvgIpc) is 3.07. The zero-order valence-electron chi connectivity index (χ0n) is 30.6. The number of aryl methyl sites for hydroxylation is 2. The molecule has 0 atom stereocenters. The third-order valence-corrected chi connectivity index (χ3v) is 9.27. The number of nitrogens with zero attached hydrogens (tertiary/aromatic N) is 2. The van der Waals surface area contributed by atoms with E-state index in [1.807, 2.05) is 24.4 Å². The molecule has 0 saturated carbocycles. The van der Waals surface area contributed by atoms with E-state index in [1.165, 1.54) is 38.9 Å². The molecule has 0 spiro atoms. The van der Waals surface area contributed by atoms with Gasteiger partial charge in [0.25, 0.3) is 0 Å². The van der Waals surface area contributed by atoms with Crippen LogP contribution in [0, 0.1) is 19.9 Å². The van der Waals surface area contributed by atoms with Crippen molar-refractivity contribution < 1.29 is 26.2 Å². The van der Waals surface area contributed by atoms with E-state index in [0.717, 1.165) is 33.6 Å². The quantitative estimate of drug-likeness (QED) is 0.163. The number of phenolic OH excluding ortho intramolecular Hbond substituents is 1. The molecule has 0 amide bonds. The van der Waals surface area contributed by atoms with Gasteiger partial charge >= 0.3 is 0 Å². The summed E-state index contributed by atoms with van der Waals surface area (Å²) in [6.07, 6.45) is 1.92. The van der Waals surface area contributed by atoms with E-state index in [1.54, 1.807) is 6.07 Å². The van der Waals surface area contributed by atoms with E-state index in [4.69, 9.17) is 9.97 Å². The molecule has 0 radical (unpaired) electrons. The first kappa shape index (κ1) is 36.9. The standard InChI is InChI=1S/C46H47N2O.Pt/c1-28(2)39-26-37(46(7,8)9)27-40(29(3)4)45(39)34-17-18-47-41(23-34)32-13-12-14-33(22-32)42-24-36(35-20-30(5)19-31(6)21-35)25-43(48-42)38-15-10-11-16-44(38)49;/h10-21,23-29,49H,1-9H3;/q-1;. The van der Waals surface area contributed by atoms with Crippen LogP contribution in [0.15, 0.2) is 103 Å². The molecule has 0 saturated heterocycles. The zero-order chi connectivity index (χ0) is 35.0. The molecule has 0 bridgehead atoms. The smallest absolute Gasteiger partial charge is 0.124 e. The van der Waals surface area contributed by atoms with Crippen LogP contribution in [0.4, 0.5) is 0 Å². The van der Waals surface area contributed by atoms with Crippen molar-refractivity contribution in [3.8, 4) is 61.8 Å². The van der Waals surface area contributed by atoms with Gasteiger partial charge in [0.15, 0.2) is 0 Å². The summed E-state index contributed by atoms with van der Waals surface area (Å²) in [7, 11) is 0. The van der Waals surface area contributed by atoms with Crippen LogP contribution in [0.1, 0.15) is 88.1 Å². The molecule has 0 aliphatic carbocycles. The number of aromatic hydroxyl groups is 1. The van der Waals surface area contributed by atoms with E-state index >= 15 is 0 Å². The third-order valence-electron chi connectivity index (χ3n) is 9.27. The molecule has 1 N–H and O–H groups in total. The van der Waals surface area contributed by atoms with Gasteiger partial charge in [-0.2, -0.15) is 0 Å². The normalized spacial score (nSPS) is 11.6. The molecule has 2 heterocycles. The van der Waals surface area contributed by atoms with Crippen LogP contribution in [-0.2, 0) is 26.5 Å². The number of aromatic nitrogens is 2. The molecule has 3 nitrogen and oxygen atoms in total. The summed E-state index contributed by atoms with van der Waals surface area (Å²) in [6, 6.07) is 37.2. The summed E-state index contributed by atoms with van der Waals surface area (Å²) in [5.74, 6) is 0.944. The van der Waals surface area contributed by atoms with E-state index < -0.39 is 0 Å². The van der Waals surface area contributed by atoms with Gasteiger partial charge in [0, 0.05) is 44.2 Å². The maximum atomic E-state index is 10.8. The molecule has 0 fully saturated rings. The summed E-state index contributed by atoms with van der Waals surface area (Å²) in [5, 5.41) is 10.8. The Morgan fingerprint density at radius 2 is 1.18 bits per heavy atom. The number of hydrogen-bond acceptors (Lipinski definition) is 3. The monoisotopic (exact) mass is 838 g/mol. The Labute approximate surface area is 313 Å². The molecule has 50 heavy (non-hydrogen) atoms. The molecule has 6 aromatic rings. The minimum absolute atomic E-state index is 0. The molecular formula is C46H47N2OPt-. The topological polar surface area (TPSA) is 46.0 Å². The van der Waals surface area contributed by atoms with Gasteiger partial charge in [-0.1, -0.05) is 125 Å². The van der Waals surface area contributed by atoms with Crippen molar-refractivity contribution in [1.82, 2.24) is 9.97 Å². The predicted octanol–water partition coefficient (Wildman–Crippen LogP) is 12.5. The number of phenols is 1. The van der Waals surface area contributed by atoms with Crippen molar-refractivity contribution >= 4 is 0 Å². The van der Waals surface area contributed by atoms with Crippen LogP contribution in [0.5, 0.6) is 5.75 Å². The second-order valence-corrected chi connectivity index (χ2v) is 15.0. The van der Waals surface area contributed by atoms with Crippen LogP contribution in [0.2, 0.25) is 0 Å². The van der Waals surface area contributed by atoms with Crippen molar-refractivity contribution in [2.45, 2.75) is 79.6 Å². The molecule has 6 rings (SSSR count). The van der Waals surface area contributed by atoms with E-state index in [9.17, 15) is 5.11 Å². The number of pyridine rings is 2. The number of hydrogen-bond donors (Lipinski definition) is 1. The maximum Gasteiger partial charge on any atom is 0.124 e. The Balaban J connectivity index is 0.00000486. The van der Waals surface area contributed by atoms with E-state index in [2.05, 4.69) is 141 Å². The second-order valence-electron chi connectivity index (χ2n) is 15.0. The number of benzene rings is 4. The fourth-order valence-electron chi connectivity index (χ4n) is 6.67. The van der Waals surface area contributed by atoms with Gasteiger partial charge in [0.1, 0.15) is 5.75 Å². The number of rotatable bonds is 7. The van der Waals surface area contributed by atoms with Crippen molar-refractivity contribution in [1.29, 1.82) is 0 Å². The minimum atomic E-state index is 0. The average molecular weight is 839 g/mol. The molecule has 0 unspecified atom stereocenters. The SMILES string of the molecule is Cc1cc(C)cc(-c2cc(-c3[c-]c(-c4cc(-c5c(C(C)C)cc(C(C)(C)C)cc5C(C)C)ccn4)ccc3)nc(-c3ccccc3O)c2)c1.[Pt]. The van der Waals surface area contributed by atoms with Gasteiger partial charge in [-0.05, 0) is 94.3 Å². The molecule has 4 heteroatoms. The first-order valence-corrected chi connectivity index (χ1v) is 17.4. The Bertz CT molecular complexity index is 2110. The van der Waals surface area contributed by atoms with Gasteiger partial charge in [-0.25, -0.2) is 0 Å². The maximum absolute atomic E-state index is 10.8. The fraction of sp³-hybridized carbons (Fsp3) is 0.261. The van der Waals surface area contributed by atoms with Crippen LogP contribution < -0.4 is 0 Å². The van der Waals surface area contributed by atoms with Gasteiger partial charge in [0.2, 0.25) is 0 Å². The summed E-state index contributed by atoms with van der Waals surface area (Å²) in [4.78, 5) is 9.94. The molecule has 0 aliphatic heterocycles. The zero-order valence-corrected chi connectivity index (χ0v) is 32.9. The second kappa shape index (κ2) is 14.9. The van der Waals surface area contributed by atoms with Gasteiger partial charge in [-0.3, -0.25) is 9.97 Å². The Morgan fingerprint density at radius 1 is 0.620 bits per heavy atom. The summed E-state index contributed by atoms with van der Waals surface area (Å²) in [6.45, 7) is 20.3. The van der Waals surface area contributed by atoms with Gasteiger partial charge < -0.3 is 5.11 Å². The van der Waals surface area contributed by atoms with Crippen LogP contribution in [-0.4, -0.2) is 15.1 Å². The Morgan fingerprint density at radius 3 is 1.78 bits per heavy atom. The fourth-order valence-corrected chi connectivity index (χ4v) is 6.67. The van der Waals surface area contributed by atoms with Gasteiger partial charge in [-0.15, -0.1) is 24.3 Å². The predicted molar refractivity (Wildman–Crippen MR) is 206 cm³/mol. The molecule has 258 valence electrons. The summed E-state index contributed by atoms with van der Waals surface area (Å²) < 4.78 is 0. The van der Waals surface area contributed by atoms with Crippen molar-refractivity contribution in [3.63, 3.8) is 0 Å². The molecular weight excluding hydrogens is 792 g/mol. The molecule has 4 aromatic carbocycles. The van der Waals surface area contributed by atoms with Crippen molar-refractivity contribution in [3.05, 3.63) is 137 Å². The Kier molecular flexibility index (Phi) is 11.0. The molecule has 2 aromatic heterocycles.